The zero-order valence-corrected chi connectivity index (χ0v) is 15.4. The van der Waals surface area contributed by atoms with Crippen molar-refractivity contribution in [3.63, 3.8) is 0 Å². The van der Waals surface area contributed by atoms with Gasteiger partial charge < -0.3 is 15.0 Å². The van der Waals surface area contributed by atoms with Crippen molar-refractivity contribution in [1.29, 1.82) is 0 Å². The third-order valence-electron chi connectivity index (χ3n) is 3.93. The zero-order valence-electron chi connectivity index (χ0n) is 14.7. The Morgan fingerprint density at radius 3 is 2.77 bits per heavy atom. The van der Waals surface area contributed by atoms with E-state index in [1.54, 1.807) is 11.0 Å². The molecule has 0 atom stereocenters. The van der Waals surface area contributed by atoms with E-state index in [-0.39, 0.29) is 22.9 Å². The Bertz CT molecular complexity index is 839. The van der Waals surface area contributed by atoms with Crippen LogP contribution in [0.15, 0.2) is 36.5 Å². The lowest BCUT2D eigenvalue weighted by Crippen LogP contribution is -2.25. The first-order valence-corrected chi connectivity index (χ1v) is 8.86. The van der Waals surface area contributed by atoms with Gasteiger partial charge in [0.1, 0.15) is 5.02 Å². The van der Waals surface area contributed by atoms with E-state index in [0.717, 1.165) is 6.42 Å². The van der Waals surface area contributed by atoms with Crippen molar-refractivity contribution in [2.24, 2.45) is 0 Å². The number of benzene rings is 1. The monoisotopic (exact) mass is 373 g/mol. The van der Waals surface area contributed by atoms with Crippen LogP contribution in [-0.4, -0.2) is 29.4 Å². The lowest BCUT2D eigenvalue weighted by atomic mass is 10.2. The average Bonchev–Trinajstić information content (AvgIpc) is 3.02. The molecule has 2 heterocycles. The van der Waals surface area contributed by atoms with Gasteiger partial charge in [-0.1, -0.05) is 23.7 Å². The van der Waals surface area contributed by atoms with Crippen molar-refractivity contribution in [2.75, 3.05) is 16.8 Å². The standard InChI is InChI=1S/C19H20ClN3O3/c1-12(2)26-19-14(20)10-13(11-21-19)18(25)22-15-6-3-4-7-16(15)23-9-5-8-17(23)24/h3-4,6-7,10-12H,5,8-9H2,1-2H3,(H,22,25). The van der Waals surface area contributed by atoms with Gasteiger partial charge in [0.2, 0.25) is 11.8 Å². The number of amides is 2. The second kappa shape index (κ2) is 7.74. The summed E-state index contributed by atoms with van der Waals surface area (Å²) in [5, 5.41) is 3.11. The van der Waals surface area contributed by atoms with Crippen LogP contribution in [-0.2, 0) is 4.79 Å². The van der Waals surface area contributed by atoms with Gasteiger partial charge in [0.15, 0.2) is 0 Å². The molecular formula is C19H20ClN3O3. The average molecular weight is 374 g/mol. The van der Waals surface area contributed by atoms with Crippen molar-refractivity contribution >= 4 is 34.8 Å². The highest BCUT2D eigenvalue weighted by Crippen LogP contribution is 2.30. The quantitative estimate of drug-likeness (QED) is 0.862. The number of nitrogens with one attached hydrogen (secondary N) is 1. The highest BCUT2D eigenvalue weighted by molar-refractivity contribution is 6.32. The summed E-state index contributed by atoms with van der Waals surface area (Å²) in [7, 11) is 0. The number of carbonyl (C=O) groups excluding carboxylic acids is 2. The van der Waals surface area contributed by atoms with E-state index in [4.69, 9.17) is 16.3 Å². The van der Waals surface area contributed by atoms with E-state index in [1.165, 1.54) is 12.3 Å². The van der Waals surface area contributed by atoms with Gasteiger partial charge >= 0.3 is 0 Å². The Balaban J connectivity index is 1.80. The fourth-order valence-corrected chi connectivity index (χ4v) is 2.98. The second-order valence-electron chi connectivity index (χ2n) is 6.30. The molecule has 1 aliphatic rings. The lowest BCUT2D eigenvalue weighted by molar-refractivity contribution is -0.117. The maximum atomic E-state index is 12.6. The van der Waals surface area contributed by atoms with Gasteiger partial charge in [0.05, 0.1) is 23.0 Å². The summed E-state index contributed by atoms with van der Waals surface area (Å²) in [6.07, 6.45) is 2.70. The Kier molecular flexibility index (Phi) is 5.42. The number of hydrogen-bond donors (Lipinski definition) is 1. The summed E-state index contributed by atoms with van der Waals surface area (Å²) in [4.78, 5) is 30.4. The van der Waals surface area contributed by atoms with E-state index in [2.05, 4.69) is 10.3 Å². The van der Waals surface area contributed by atoms with Gasteiger partial charge in [0.25, 0.3) is 5.91 Å². The summed E-state index contributed by atoms with van der Waals surface area (Å²) in [6.45, 7) is 4.39. The van der Waals surface area contributed by atoms with Gasteiger partial charge in [0, 0.05) is 19.2 Å². The number of pyridine rings is 1. The Morgan fingerprint density at radius 2 is 2.12 bits per heavy atom. The normalized spacial score (nSPS) is 14.0. The summed E-state index contributed by atoms with van der Waals surface area (Å²) >= 11 is 6.15. The third kappa shape index (κ3) is 3.96. The number of nitrogens with zero attached hydrogens (tertiary/aromatic N) is 2. The van der Waals surface area contributed by atoms with E-state index in [9.17, 15) is 9.59 Å². The van der Waals surface area contributed by atoms with E-state index in [1.807, 2.05) is 32.0 Å². The molecule has 1 saturated heterocycles. The van der Waals surface area contributed by atoms with Crippen LogP contribution < -0.4 is 15.0 Å². The lowest BCUT2D eigenvalue weighted by Gasteiger charge is -2.20. The minimum Gasteiger partial charge on any atom is -0.474 e. The molecule has 0 unspecified atom stereocenters. The maximum absolute atomic E-state index is 12.6. The molecule has 3 rings (SSSR count). The molecule has 1 aromatic carbocycles. The van der Waals surface area contributed by atoms with Crippen LogP contribution in [0.4, 0.5) is 11.4 Å². The van der Waals surface area contributed by atoms with Crippen LogP contribution in [0.1, 0.15) is 37.0 Å². The van der Waals surface area contributed by atoms with Gasteiger partial charge in [-0.05, 0) is 38.5 Å². The number of halogens is 1. The molecule has 0 saturated carbocycles. The van der Waals surface area contributed by atoms with Gasteiger partial charge in [-0.3, -0.25) is 9.59 Å². The molecule has 1 fully saturated rings. The number of ether oxygens (including phenoxy) is 1. The molecule has 6 nitrogen and oxygen atoms in total. The molecule has 1 aliphatic heterocycles. The number of hydrogen-bond acceptors (Lipinski definition) is 4. The Morgan fingerprint density at radius 1 is 1.35 bits per heavy atom. The van der Waals surface area contributed by atoms with Crippen molar-refractivity contribution in [3.05, 3.63) is 47.1 Å². The predicted molar refractivity (Wildman–Crippen MR) is 101 cm³/mol. The van der Waals surface area contributed by atoms with Gasteiger partial charge in [-0.15, -0.1) is 0 Å². The van der Waals surface area contributed by atoms with E-state index >= 15 is 0 Å². The van der Waals surface area contributed by atoms with Crippen molar-refractivity contribution < 1.29 is 14.3 Å². The maximum Gasteiger partial charge on any atom is 0.257 e. The Labute approximate surface area is 157 Å². The molecule has 2 aromatic rings. The highest BCUT2D eigenvalue weighted by Gasteiger charge is 2.24. The first-order valence-electron chi connectivity index (χ1n) is 8.48. The molecule has 2 amide bonds. The molecule has 7 heteroatoms. The van der Waals surface area contributed by atoms with Crippen LogP contribution in [0.2, 0.25) is 5.02 Å². The summed E-state index contributed by atoms with van der Waals surface area (Å²) in [5.74, 6) is 0.00229. The van der Waals surface area contributed by atoms with Crippen LogP contribution in [0.3, 0.4) is 0 Å². The number of anilines is 2. The second-order valence-corrected chi connectivity index (χ2v) is 6.70. The number of para-hydroxylation sites is 2. The topological polar surface area (TPSA) is 71.5 Å². The molecule has 0 aliphatic carbocycles. The first-order chi connectivity index (χ1) is 12.5. The molecule has 0 bridgehead atoms. The van der Waals surface area contributed by atoms with Crippen LogP contribution in [0, 0.1) is 0 Å². The largest absolute Gasteiger partial charge is 0.474 e. The van der Waals surface area contributed by atoms with E-state index < -0.39 is 0 Å². The summed E-state index contributed by atoms with van der Waals surface area (Å²) in [5.41, 5.74) is 1.59. The molecule has 1 N–H and O–H groups in total. The zero-order chi connectivity index (χ0) is 18.7. The van der Waals surface area contributed by atoms with Gasteiger partial charge in [-0.2, -0.15) is 0 Å². The molecule has 1 aromatic heterocycles. The predicted octanol–water partition coefficient (Wildman–Crippen LogP) is 3.90. The van der Waals surface area contributed by atoms with Crippen LogP contribution >= 0.6 is 11.6 Å². The van der Waals surface area contributed by atoms with Crippen LogP contribution in [0.5, 0.6) is 5.88 Å². The Hall–Kier alpha value is -2.60. The fourth-order valence-electron chi connectivity index (χ4n) is 2.77. The SMILES string of the molecule is CC(C)Oc1ncc(C(=O)Nc2ccccc2N2CCCC2=O)cc1Cl. The molecule has 0 radical (unpaired) electrons. The fraction of sp³-hybridized carbons (Fsp3) is 0.316. The number of rotatable bonds is 5. The minimum atomic E-state index is -0.352. The molecular weight excluding hydrogens is 354 g/mol. The molecule has 136 valence electrons. The number of carbonyl (C=O) groups is 2. The van der Waals surface area contributed by atoms with E-state index in [0.29, 0.717) is 35.8 Å². The van der Waals surface area contributed by atoms with Crippen molar-refractivity contribution in [2.45, 2.75) is 32.8 Å². The molecule has 0 spiro atoms. The van der Waals surface area contributed by atoms with Crippen molar-refractivity contribution in [3.8, 4) is 5.88 Å². The third-order valence-corrected chi connectivity index (χ3v) is 4.20. The van der Waals surface area contributed by atoms with Crippen molar-refractivity contribution in [1.82, 2.24) is 4.98 Å². The van der Waals surface area contributed by atoms with Crippen LogP contribution in [0.25, 0.3) is 0 Å². The van der Waals surface area contributed by atoms with Gasteiger partial charge in [-0.25, -0.2) is 4.98 Å². The minimum absolute atomic E-state index is 0.0617. The summed E-state index contributed by atoms with van der Waals surface area (Å²) < 4.78 is 5.48. The molecule has 26 heavy (non-hydrogen) atoms. The highest BCUT2D eigenvalue weighted by atomic mass is 35.5. The smallest absolute Gasteiger partial charge is 0.257 e. The number of aromatic nitrogens is 1. The first kappa shape index (κ1) is 18.2. The summed E-state index contributed by atoms with van der Waals surface area (Å²) in [6, 6.07) is 8.76.